The van der Waals surface area contributed by atoms with Crippen LogP contribution in [0.1, 0.15) is 21.6 Å². The second-order valence-corrected chi connectivity index (χ2v) is 6.11. The van der Waals surface area contributed by atoms with Crippen molar-refractivity contribution in [1.82, 2.24) is 10.3 Å². The van der Waals surface area contributed by atoms with Crippen LogP contribution in [-0.4, -0.2) is 17.4 Å². The third-order valence-electron chi connectivity index (χ3n) is 4.23. The highest BCUT2D eigenvalue weighted by molar-refractivity contribution is 6.30. The predicted octanol–water partition coefficient (Wildman–Crippen LogP) is 3.72. The molecule has 5 heteroatoms. The number of amides is 1. The standard InChI is InChI=1S/C18H16ClN3O/c19-11-4-6-12(7-5-11)21-10-16-13-8-9-20-18(23)14-2-1-3-15(22-16)17(13)14/h1-7,21-22H,8-10H2,(H,20,23). The number of H-pyrrole nitrogens is 1. The van der Waals surface area contributed by atoms with Gasteiger partial charge < -0.3 is 15.6 Å². The third-order valence-corrected chi connectivity index (χ3v) is 4.49. The highest BCUT2D eigenvalue weighted by Crippen LogP contribution is 2.28. The third kappa shape index (κ3) is 2.55. The van der Waals surface area contributed by atoms with E-state index in [1.54, 1.807) is 0 Å². The highest BCUT2D eigenvalue weighted by atomic mass is 35.5. The molecule has 1 aromatic heterocycles. The summed E-state index contributed by atoms with van der Waals surface area (Å²) in [6.07, 6.45) is 0.834. The Morgan fingerprint density at radius 1 is 1.13 bits per heavy atom. The molecule has 0 saturated heterocycles. The summed E-state index contributed by atoms with van der Waals surface area (Å²) < 4.78 is 0. The summed E-state index contributed by atoms with van der Waals surface area (Å²) >= 11 is 5.91. The van der Waals surface area contributed by atoms with E-state index in [1.807, 2.05) is 42.5 Å². The van der Waals surface area contributed by atoms with E-state index in [2.05, 4.69) is 15.6 Å². The fourth-order valence-electron chi connectivity index (χ4n) is 3.14. The fourth-order valence-corrected chi connectivity index (χ4v) is 3.27. The van der Waals surface area contributed by atoms with Crippen LogP contribution in [0.25, 0.3) is 10.9 Å². The van der Waals surface area contributed by atoms with Gasteiger partial charge in [0, 0.05) is 39.4 Å². The Balaban J connectivity index is 1.70. The molecule has 0 radical (unpaired) electrons. The molecule has 0 atom stereocenters. The Morgan fingerprint density at radius 2 is 1.96 bits per heavy atom. The minimum atomic E-state index is 0.00515. The molecule has 0 aliphatic carbocycles. The SMILES string of the molecule is O=C1NCCc2c(CNc3ccc(Cl)cc3)[nH]c3cccc1c23. The molecule has 0 fully saturated rings. The molecule has 3 N–H and O–H groups in total. The Hall–Kier alpha value is -2.46. The number of carbonyl (C=O) groups is 1. The largest absolute Gasteiger partial charge is 0.379 e. The number of nitrogens with one attached hydrogen (secondary N) is 3. The van der Waals surface area contributed by atoms with Gasteiger partial charge in [-0.2, -0.15) is 0 Å². The number of aromatic amines is 1. The molecule has 4 rings (SSSR count). The Bertz CT molecular complexity index is 883. The average molecular weight is 326 g/mol. The van der Waals surface area contributed by atoms with Gasteiger partial charge >= 0.3 is 0 Å². The summed E-state index contributed by atoms with van der Waals surface area (Å²) in [6, 6.07) is 13.5. The van der Waals surface area contributed by atoms with Crippen LogP contribution in [-0.2, 0) is 13.0 Å². The van der Waals surface area contributed by atoms with Gasteiger partial charge in [-0.3, -0.25) is 4.79 Å². The molecule has 0 bridgehead atoms. The molecular weight excluding hydrogens is 310 g/mol. The zero-order valence-electron chi connectivity index (χ0n) is 12.4. The summed E-state index contributed by atoms with van der Waals surface area (Å²) in [5, 5.41) is 8.14. The van der Waals surface area contributed by atoms with Gasteiger partial charge in [0.25, 0.3) is 5.91 Å². The van der Waals surface area contributed by atoms with Gasteiger partial charge in [-0.1, -0.05) is 17.7 Å². The number of hydrogen-bond acceptors (Lipinski definition) is 2. The number of rotatable bonds is 3. The minimum Gasteiger partial charge on any atom is -0.379 e. The van der Waals surface area contributed by atoms with Crippen molar-refractivity contribution in [3.05, 3.63) is 64.3 Å². The van der Waals surface area contributed by atoms with Crippen molar-refractivity contribution in [3.8, 4) is 0 Å². The number of aromatic nitrogens is 1. The number of benzene rings is 2. The van der Waals surface area contributed by atoms with Crippen LogP contribution >= 0.6 is 11.6 Å². The van der Waals surface area contributed by atoms with Crippen LogP contribution in [0.3, 0.4) is 0 Å². The van der Waals surface area contributed by atoms with Gasteiger partial charge in [-0.05, 0) is 48.4 Å². The van der Waals surface area contributed by atoms with E-state index in [0.29, 0.717) is 13.1 Å². The van der Waals surface area contributed by atoms with Crippen molar-refractivity contribution < 1.29 is 4.79 Å². The van der Waals surface area contributed by atoms with E-state index >= 15 is 0 Å². The molecule has 116 valence electrons. The zero-order valence-corrected chi connectivity index (χ0v) is 13.2. The number of anilines is 1. The first-order valence-corrected chi connectivity index (χ1v) is 8.00. The van der Waals surface area contributed by atoms with E-state index in [4.69, 9.17) is 11.6 Å². The van der Waals surface area contributed by atoms with Gasteiger partial charge in [-0.15, -0.1) is 0 Å². The van der Waals surface area contributed by atoms with Gasteiger partial charge in [0.05, 0.1) is 6.54 Å². The first-order valence-electron chi connectivity index (χ1n) is 7.62. The lowest BCUT2D eigenvalue weighted by Crippen LogP contribution is -2.23. The maximum Gasteiger partial charge on any atom is 0.251 e. The van der Waals surface area contributed by atoms with Crippen molar-refractivity contribution in [2.24, 2.45) is 0 Å². The van der Waals surface area contributed by atoms with Crippen molar-refractivity contribution in [2.75, 3.05) is 11.9 Å². The summed E-state index contributed by atoms with van der Waals surface area (Å²) in [6.45, 7) is 1.34. The lowest BCUT2D eigenvalue weighted by molar-refractivity contribution is 0.0957. The number of halogens is 1. The average Bonchev–Trinajstić information content (AvgIpc) is 2.82. The summed E-state index contributed by atoms with van der Waals surface area (Å²) in [4.78, 5) is 15.6. The summed E-state index contributed by atoms with van der Waals surface area (Å²) in [5.74, 6) is 0.00515. The predicted molar refractivity (Wildman–Crippen MR) is 93.1 cm³/mol. The monoisotopic (exact) mass is 325 g/mol. The normalized spacial score (nSPS) is 13.7. The molecule has 4 nitrogen and oxygen atoms in total. The molecule has 0 saturated carbocycles. The Kier molecular flexibility index (Phi) is 3.46. The van der Waals surface area contributed by atoms with Crippen LogP contribution in [0.4, 0.5) is 5.69 Å². The molecule has 1 aliphatic heterocycles. The fraction of sp³-hybridized carbons (Fsp3) is 0.167. The lowest BCUT2D eigenvalue weighted by Gasteiger charge is -2.07. The van der Waals surface area contributed by atoms with Crippen LogP contribution < -0.4 is 10.6 Å². The highest BCUT2D eigenvalue weighted by Gasteiger charge is 2.21. The van der Waals surface area contributed by atoms with Crippen LogP contribution in [0.15, 0.2) is 42.5 Å². The van der Waals surface area contributed by atoms with E-state index in [9.17, 15) is 4.79 Å². The second kappa shape index (κ2) is 5.63. The first-order chi connectivity index (χ1) is 11.2. The molecule has 0 unspecified atom stereocenters. The smallest absolute Gasteiger partial charge is 0.251 e. The van der Waals surface area contributed by atoms with Crippen molar-refractivity contribution in [2.45, 2.75) is 13.0 Å². The molecule has 3 aromatic rings. The maximum atomic E-state index is 12.2. The van der Waals surface area contributed by atoms with Crippen LogP contribution in [0.5, 0.6) is 0 Å². The molecule has 1 amide bonds. The van der Waals surface area contributed by atoms with Gasteiger partial charge in [0.15, 0.2) is 0 Å². The Morgan fingerprint density at radius 3 is 2.78 bits per heavy atom. The van der Waals surface area contributed by atoms with E-state index in [0.717, 1.165) is 39.3 Å². The van der Waals surface area contributed by atoms with Crippen molar-refractivity contribution in [3.63, 3.8) is 0 Å². The van der Waals surface area contributed by atoms with E-state index in [1.165, 1.54) is 5.56 Å². The topological polar surface area (TPSA) is 56.9 Å². The van der Waals surface area contributed by atoms with Gasteiger partial charge in [0.2, 0.25) is 0 Å². The summed E-state index contributed by atoms with van der Waals surface area (Å²) in [5.41, 5.74) is 5.13. The molecule has 1 aliphatic rings. The quantitative estimate of drug-likeness (QED) is 0.687. The zero-order chi connectivity index (χ0) is 15.8. The van der Waals surface area contributed by atoms with Crippen molar-refractivity contribution >= 4 is 34.1 Å². The molecule has 2 aromatic carbocycles. The molecule has 23 heavy (non-hydrogen) atoms. The second-order valence-electron chi connectivity index (χ2n) is 5.68. The van der Waals surface area contributed by atoms with Crippen LogP contribution in [0.2, 0.25) is 5.02 Å². The lowest BCUT2D eigenvalue weighted by atomic mass is 10.0. The number of hydrogen-bond donors (Lipinski definition) is 3. The minimum absolute atomic E-state index is 0.00515. The summed E-state index contributed by atoms with van der Waals surface area (Å²) in [7, 11) is 0. The first kappa shape index (κ1) is 14.2. The van der Waals surface area contributed by atoms with Gasteiger partial charge in [-0.25, -0.2) is 0 Å². The van der Waals surface area contributed by atoms with E-state index in [-0.39, 0.29) is 5.91 Å². The van der Waals surface area contributed by atoms with Crippen LogP contribution in [0, 0.1) is 0 Å². The molecule has 2 heterocycles. The number of carbonyl (C=O) groups excluding carboxylic acids is 1. The van der Waals surface area contributed by atoms with Gasteiger partial charge in [0.1, 0.15) is 0 Å². The Labute approximate surface area is 138 Å². The van der Waals surface area contributed by atoms with Crippen molar-refractivity contribution in [1.29, 1.82) is 0 Å². The van der Waals surface area contributed by atoms with E-state index < -0.39 is 0 Å². The molecular formula is C18H16ClN3O. The molecule has 0 spiro atoms. The maximum absolute atomic E-state index is 12.2.